The minimum atomic E-state index is -0.587. The summed E-state index contributed by atoms with van der Waals surface area (Å²) in [5, 5.41) is 7.97. The molecule has 0 radical (unpaired) electrons. The Morgan fingerprint density at radius 2 is 1.38 bits per heavy atom. The second-order valence-corrected chi connectivity index (χ2v) is 11.5. The van der Waals surface area contributed by atoms with Crippen molar-refractivity contribution in [3.05, 3.63) is 102 Å². The fourth-order valence-electron chi connectivity index (χ4n) is 4.50. The Balaban J connectivity index is 1.56. The van der Waals surface area contributed by atoms with Crippen molar-refractivity contribution in [2.45, 2.75) is 17.1 Å². The number of benzene rings is 4. The van der Waals surface area contributed by atoms with Crippen molar-refractivity contribution in [2.24, 2.45) is 0 Å². The zero-order chi connectivity index (χ0) is 34.6. The van der Waals surface area contributed by atoms with Crippen LogP contribution in [0.1, 0.15) is 22.8 Å². The number of thioether (sulfide) groups is 1. The van der Waals surface area contributed by atoms with E-state index in [9.17, 15) is 14.4 Å². The Kier molecular flexibility index (Phi) is 12.3. The lowest BCUT2D eigenvalue weighted by atomic mass is 10.1. The maximum atomic E-state index is 13.7. The molecule has 4 rings (SSSR count). The third-order valence-corrected chi connectivity index (χ3v) is 8.10. The Labute approximate surface area is 283 Å². The normalized spacial score (nSPS) is 11.5. The molecule has 0 bridgehead atoms. The van der Waals surface area contributed by atoms with Crippen molar-refractivity contribution in [2.75, 3.05) is 46.2 Å². The molecule has 0 heterocycles. The Morgan fingerprint density at radius 1 is 0.688 bits per heavy atom. The Bertz CT molecular complexity index is 1800. The van der Waals surface area contributed by atoms with E-state index in [-0.39, 0.29) is 11.6 Å². The maximum Gasteiger partial charge on any atom is 0.272 e. The Morgan fingerprint density at radius 3 is 2.04 bits per heavy atom. The molecule has 0 aliphatic heterocycles. The molecular formula is C36H37N3O8S. The summed E-state index contributed by atoms with van der Waals surface area (Å²) in [6.07, 6.45) is 1.50. The smallest absolute Gasteiger partial charge is 0.272 e. The molecule has 1 unspecified atom stereocenters. The monoisotopic (exact) mass is 671 g/mol. The van der Waals surface area contributed by atoms with Gasteiger partial charge in [0, 0.05) is 33.8 Å². The summed E-state index contributed by atoms with van der Waals surface area (Å²) < 4.78 is 27.0. The van der Waals surface area contributed by atoms with Crippen molar-refractivity contribution >= 4 is 46.9 Å². The topological polar surface area (TPSA) is 133 Å². The van der Waals surface area contributed by atoms with Crippen molar-refractivity contribution in [3.8, 4) is 28.7 Å². The highest BCUT2D eigenvalue weighted by molar-refractivity contribution is 8.00. The number of rotatable bonds is 14. The van der Waals surface area contributed by atoms with Crippen LogP contribution >= 0.6 is 11.8 Å². The van der Waals surface area contributed by atoms with Crippen LogP contribution in [0.25, 0.3) is 6.08 Å². The predicted octanol–water partition coefficient (Wildman–Crippen LogP) is 6.26. The first kappa shape index (κ1) is 35.2. The minimum Gasteiger partial charge on any atom is -0.497 e. The number of anilines is 2. The largest absolute Gasteiger partial charge is 0.497 e. The standard InChI is InChI=1S/C36H37N3O8S/c1-22(34(40)38-28-16-15-26(43-2)20-31(28)45-4)48-27-14-10-13-25(19-27)37-36(42)29(39-35(41)23-11-8-7-9-12-23)17-24-18-32(46-5)33(47-6)21-30(24)44-3/h7-22H,1-6H3,(H,37,42)(H,38,40)(H,39,41)/b29-17+. The Hall–Kier alpha value is -5.62. The van der Waals surface area contributed by atoms with Crippen LogP contribution in [0.3, 0.4) is 0 Å². The molecule has 4 aromatic carbocycles. The SMILES string of the molecule is COc1ccc(NC(=O)C(C)Sc2cccc(NC(=O)/C(=C\c3cc(OC)c(OC)cc3OC)NC(=O)c3ccccc3)c2)c(OC)c1. The molecule has 0 spiro atoms. The van der Waals surface area contributed by atoms with Gasteiger partial charge in [-0.1, -0.05) is 24.3 Å². The van der Waals surface area contributed by atoms with Gasteiger partial charge >= 0.3 is 0 Å². The van der Waals surface area contributed by atoms with Gasteiger partial charge in [-0.05, 0) is 61.5 Å². The minimum absolute atomic E-state index is 0.0476. The number of carbonyl (C=O) groups is 3. The van der Waals surface area contributed by atoms with E-state index < -0.39 is 17.1 Å². The quantitative estimate of drug-likeness (QED) is 0.105. The molecule has 0 aliphatic rings. The summed E-state index contributed by atoms with van der Waals surface area (Å²) in [6, 6.07) is 24.0. The van der Waals surface area contributed by atoms with E-state index in [0.717, 1.165) is 4.90 Å². The molecule has 0 fully saturated rings. The van der Waals surface area contributed by atoms with Crippen molar-refractivity contribution in [1.29, 1.82) is 0 Å². The van der Waals surface area contributed by atoms with E-state index in [1.54, 1.807) is 92.9 Å². The highest BCUT2D eigenvalue weighted by atomic mass is 32.2. The van der Waals surface area contributed by atoms with Gasteiger partial charge in [-0.2, -0.15) is 0 Å². The molecule has 3 amide bonds. The average Bonchev–Trinajstić information content (AvgIpc) is 3.11. The van der Waals surface area contributed by atoms with E-state index in [2.05, 4.69) is 16.0 Å². The third kappa shape index (κ3) is 9.01. The van der Waals surface area contributed by atoms with Crippen molar-refractivity contribution in [1.82, 2.24) is 5.32 Å². The molecular weight excluding hydrogens is 634 g/mol. The van der Waals surface area contributed by atoms with E-state index in [1.807, 2.05) is 6.07 Å². The van der Waals surface area contributed by atoms with Gasteiger partial charge in [0.1, 0.15) is 22.9 Å². The molecule has 0 saturated heterocycles. The lowest BCUT2D eigenvalue weighted by molar-refractivity contribution is -0.115. The van der Waals surface area contributed by atoms with Gasteiger partial charge in [0.2, 0.25) is 5.91 Å². The second kappa shape index (κ2) is 16.8. The maximum absolute atomic E-state index is 13.7. The van der Waals surface area contributed by atoms with Crippen LogP contribution < -0.4 is 39.6 Å². The van der Waals surface area contributed by atoms with E-state index >= 15 is 0 Å². The van der Waals surface area contributed by atoms with Crippen LogP contribution in [0.5, 0.6) is 28.7 Å². The lowest BCUT2D eigenvalue weighted by Gasteiger charge is -2.16. The summed E-state index contributed by atoms with van der Waals surface area (Å²) in [7, 11) is 7.55. The number of amides is 3. The molecule has 4 aromatic rings. The van der Waals surface area contributed by atoms with Crippen LogP contribution in [-0.4, -0.2) is 58.5 Å². The molecule has 1 atom stereocenters. The second-order valence-electron chi connectivity index (χ2n) is 10.1. The fraction of sp³-hybridized carbons (Fsp3) is 0.194. The highest BCUT2D eigenvalue weighted by Crippen LogP contribution is 2.36. The number of nitrogens with one attached hydrogen (secondary N) is 3. The number of hydrogen-bond acceptors (Lipinski definition) is 9. The first-order chi connectivity index (χ1) is 23.2. The summed E-state index contributed by atoms with van der Waals surface area (Å²) >= 11 is 1.31. The van der Waals surface area contributed by atoms with E-state index in [0.29, 0.717) is 51.2 Å². The van der Waals surface area contributed by atoms with Gasteiger partial charge in [0.05, 0.1) is 46.5 Å². The zero-order valence-electron chi connectivity index (χ0n) is 27.4. The van der Waals surface area contributed by atoms with Gasteiger partial charge < -0.3 is 39.6 Å². The molecule has 12 heteroatoms. The van der Waals surface area contributed by atoms with Gasteiger partial charge in [-0.15, -0.1) is 11.8 Å². The van der Waals surface area contributed by atoms with E-state index in [1.165, 1.54) is 46.3 Å². The number of methoxy groups -OCH3 is 5. The van der Waals surface area contributed by atoms with Crippen molar-refractivity contribution < 1.29 is 38.1 Å². The number of hydrogen-bond donors (Lipinski definition) is 3. The molecule has 0 aliphatic carbocycles. The van der Waals surface area contributed by atoms with Crippen LogP contribution in [0.4, 0.5) is 11.4 Å². The summed E-state index contributed by atoms with van der Waals surface area (Å²) in [5.41, 5.74) is 1.75. The van der Waals surface area contributed by atoms with Crippen LogP contribution in [-0.2, 0) is 9.59 Å². The number of ether oxygens (including phenoxy) is 5. The molecule has 11 nitrogen and oxygen atoms in total. The summed E-state index contributed by atoms with van der Waals surface area (Å²) in [5.74, 6) is 1.01. The fourth-order valence-corrected chi connectivity index (χ4v) is 5.43. The first-order valence-corrected chi connectivity index (χ1v) is 15.6. The highest BCUT2D eigenvalue weighted by Gasteiger charge is 2.20. The molecule has 48 heavy (non-hydrogen) atoms. The van der Waals surface area contributed by atoms with Gasteiger partial charge in [0.15, 0.2) is 11.5 Å². The number of carbonyl (C=O) groups excluding carboxylic acids is 3. The van der Waals surface area contributed by atoms with Crippen LogP contribution in [0.2, 0.25) is 0 Å². The third-order valence-electron chi connectivity index (χ3n) is 7.01. The van der Waals surface area contributed by atoms with Crippen LogP contribution in [0, 0.1) is 0 Å². The first-order valence-electron chi connectivity index (χ1n) is 14.7. The van der Waals surface area contributed by atoms with E-state index in [4.69, 9.17) is 23.7 Å². The zero-order valence-corrected chi connectivity index (χ0v) is 28.2. The van der Waals surface area contributed by atoms with Crippen molar-refractivity contribution in [3.63, 3.8) is 0 Å². The average molecular weight is 672 g/mol. The van der Waals surface area contributed by atoms with Gasteiger partial charge in [0.25, 0.3) is 11.8 Å². The predicted molar refractivity (Wildman–Crippen MR) is 187 cm³/mol. The van der Waals surface area contributed by atoms with Crippen LogP contribution in [0.15, 0.2) is 95.5 Å². The van der Waals surface area contributed by atoms with Gasteiger partial charge in [-0.3, -0.25) is 14.4 Å². The molecule has 0 saturated carbocycles. The lowest BCUT2D eigenvalue weighted by Crippen LogP contribution is -2.30. The molecule has 0 aromatic heterocycles. The summed E-state index contributed by atoms with van der Waals surface area (Å²) in [4.78, 5) is 40.7. The van der Waals surface area contributed by atoms with Gasteiger partial charge in [-0.25, -0.2) is 0 Å². The summed E-state index contributed by atoms with van der Waals surface area (Å²) in [6.45, 7) is 1.78. The molecule has 250 valence electrons. The molecule has 3 N–H and O–H groups in total.